The lowest BCUT2D eigenvalue weighted by atomic mass is 9.29. The molecule has 0 saturated heterocycles. The highest BCUT2D eigenvalue weighted by atomic mass is 15.2. The zero-order chi connectivity index (χ0) is 32.9. The first-order chi connectivity index (χ1) is 21.7. The number of aryl methyl sites for hydroxylation is 7. The fourth-order valence-electron chi connectivity index (χ4n) is 7.21. The van der Waals surface area contributed by atoms with Crippen molar-refractivity contribution in [3.63, 3.8) is 0 Å². The van der Waals surface area contributed by atoms with Crippen molar-refractivity contribution in [2.75, 3.05) is 4.90 Å². The Bertz CT molecular complexity index is 1920. The van der Waals surface area contributed by atoms with Crippen LogP contribution < -0.4 is 37.7 Å². The molecule has 5 aromatic carbocycles. The number of nitrogens with zero attached hydrogens (tertiary/aromatic N) is 1. The molecule has 194 valence electrons. The van der Waals surface area contributed by atoms with E-state index in [2.05, 4.69) is 74.2 Å². The summed E-state index contributed by atoms with van der Waals surface area (Å²) in [4.78, 5) is 2.33. The largest absolute Gasteiger partial charge is 0.313 e. The van der Waals surface area contributed by atoms with Crippen LogP contribution in [0.3, 0.4) is 0 Å². The molecule has 0 unspecified atom stereocenters. The van der Waals surface area contributed by atoms with E-state index in [4.69, 9.17) is 8.22 Å². The highest BCUT2D eigenvalue weighted by Crippen LogP contribution is 2.38. The van der Waals surface area contributed by atoms with Crippen molar-refractivity contribution in [3.8, 4) is 0 Å². The summed E-state index contributed by atoms with van der Waals surface area (Å²) in [7, 11) is 0. The summed E-state index contributed by atoms with van der Waals surface area (Å²) in [5.74, 6) is 0. The van der Waals surface area contributed by atoms with Crippen LogP contribution >= 0.6 is 0 Å². The maximum atomic E-state index is 8.55. The molecule has 0 aliphatic carbocycles. The third-order valence-electron chi connectivity index (χ3n) is 8.85. The number of benzene rings is 5. The molecule has 0 N–H and O–H groups in total. The van der Waals surface area contributed by atoms with Crippen molar-refractivity contribution in [1.29, 1.82) is 0 Å². The maximum Gasteiger partial charge on any atom is 0.247 e. The Morgan fingerprint density at radius 3 is 1.38 bits per heavy atom. The normalized spacial score (nSPS) is 16.1. The molecular formula is C37H35B2N. The van der Waals surface area contributed by atoms with E-state index >= 15 is 0 Å². The molecule has 5 aromatic rings. The van der Waals surface area contributed by atoms with Gasteiger partial charge in [-0.3, -0.25) is 0 Å². The van der Waals surface area contributed by atoms with E-state index in [1.165, 1.54) is 0 Å². The van der Waals surface area contributed by atoms with Gasteiger partial charge in [-0.1, -0.05) is 123 Å². The molecule has 0 amide bonds. The number of fused-ring (bicyclic) bond motifs is 4. The lowest BCUT2D eigenvalue weighted by Gasteiger charge is -2.45. The summed E-state index contributed by atoms with van der Waals surface area (Å²) < 4.78 is 51.3. The third kappa shape index (κ3) is 3.57. The molecule has 0 aromatic heterocycles. The van der Waals surface area contributed by atoms with Crippen LogP contribution in [0.1, 0.15) is 47.2 Å². The van der Waals surface area contributed by atoms with Gasteiger partial charge in [0.1, 0.15) is 0 Å². The van der Waals surface area contributed by atoms with Crippen LogP contribution in [0.2, 0.25) is 0 Å². The topological polar surface area (TPSA) is 3.24 Å². The van der Waals surface area contributed by atoms with Crippen LogP contribution in [0, 0.1) is 48.3 Å². The van der Waals surface area contributed by atoms with Crippen molar-refractivity contribution < 1.29 is 8.22 Å². The predicted molar refractivity (Wildman–Crippen MR) is 176 cm³/mol. The molecular weight excluding hydrogens is 480 g/mol. The van der Waals surface area contributed by atoms with Gasteiger partial charge >= 0.3 is 0 Å². The van der Waals surface area contributed by atoms with Gasteiger partial charge in [-0.15, -0.1) is 0 Å². The van der Waals surface area contributed by atoms with E-state index in [0.29, 0.717) is 11.1 Å². The molecule has 2 aliphatic rings. The van der Waals surface area contributed by atoms with E-state index in [0.717, 1.165) is 77.7 Å². The molecule has 0 atom stereocenters. The Labute approximate surface area is 248 Å². The Balaban J connectivity index is 1.65. The number of rotatable bonds is 2. The summed E-state index contributed by atoms with van der Waals surface area (Å²) in [6, 6.07) is 28.5. The molecule has 0 bridgehead atoms. The zero-order valence-corrected chi connectivity index (χ0v) is 23.7. The Morgan fingerprint density at radius 2 is 0.925 bits per heavy atom. The Hall–Kier alpha value is -3.97. The SMILES string of the molecule is [2H]C([2H])([2H])c1cccc(C)c1B1c2cc(C)ccc2N2c3ccc(C)cc3B(c3c(C)cccc3C([2H])([2H])[2H])c3cc(C)cc1c32. The summed E-state index contributed by atoms with van der Waals surface area (Å²) >= 11 is 0. The first-order valence-electron chi connectivity index (χ1n) is 17.0. The first kappa shape index (κ1) is 19.2. The van der Waals surface area contributed by atoms with Gasteiger partial charge in [-0.25, -0.2) is 0 Å². The van der Waals surface area contributed by atoms with Gasteiger partial charge in [0, 0.05) is 25.3 Å². The summed E-state index contributed by atoms with van der Waals surface area (Å²) in [6.45, 7) is 4.99. The fourth-order valence-corrected chi connectivity index (χ4v) is 7.21. The Kier molecular flexibility index (Phi) is 4.33. The molecule has 0 radical (unpaired) electrons. The molecule has 40 heavy (non-hydrogen) atoms. The van der Waals surface area contributed by atoms with Gasteiger partial charge in [-0.05, 0) is 82.3 Å². The van der Waals surface area contributed by atoms with Crippen molar-refractivity contribution in [1.82, 2.24) is 0 Å². The van der Waals surface area contributed by atoms with Gasteiger partial charge in [0.2, 0.25) is 13.4 Å². The summed E-state index contributed by atoms with van der Waals surface area (Å²) in [5.41, 5.74) is 14.7. The van der Waals surface area contributed by atoms with Gasteiger partial charge in [0.15, 0.2) is 0 Å². The molecule has 2 aliphatic heterocycles. The molecule has 2 heterocycles. The quantitative estimate of drug-likeness (QED) is 0.291. The third-order valence-corrected chi connectivity index (χ3v) is 8.85. The number of hydrogen-bond donors (Lipinski definition) is 0. The summed E-state index contributed by atoms with van der Waals surface area (Å²) in [5, 5.41) is 0. The minimum absolute atomic E-state index is 0.331. The van der Waals surface area contributed by atoms with Crippen LogP contribution in [0.25, 0.3) is 0 Å². The van der Waals surface area contributed by atoms with Crippen LogP contribution in [-0.4, -0.2) is 13.4 Å². The fraction of sp³-hybridized carbons (Fsp3) is 0.189. The predicted octanol–water partition coefficient (Wildman–Crippen LogP) is 4.97. The van der Waals surface area contributed by atoms with E-state index in [1.54, 1.807) is 12.1 Å². The van der Waals surface area contributed by atoms with Crippen molar-refractivity contribution in [2.24, 2.45) is 0 Å². The number of anilines is 3. The molecule has 3 heteroatoms. The van der Waals surface area contributed by atoms with Crippen LogP contribution in [0.15, 0.2) is 84.9 Å². The second-order valence-electron chi connectivity index (χ2n) is 11.7. The van der Waals surface area contributed by atoms with Gasteiger partial charge < -0.3 is 4.90 Å². The average Bonchev–Trinajstić information content (AvgIpc) is 2.96. The maximum absolute atomic E-state index is 8.55. The molecule has 1 nitrogen and oxygen atoms in total. The van der Waals surface area contributed by atoms with E-state index in [9.17, 15) is 0 Å². The highest BCUT2D eigenvalue weighted by Gasteiger charge is 2.44. The smallest absolute Gasteiger partial charge is 0.247 e. The standard InChI is InChI=1S/C37H35B2N/c1-22-14-16-33-29(18-22)38(35-25(4)10-8-11-26(35)5)31-20-24(3)21-32-37(31)40(33)34-17-15-23(2)19-30(34)39(32)36-27(6)12-9-13-28(36)7/h8-21H,1-7H3/i4D3,6D3. The lowest BCUT2D eigenvalue weighted by Crippen LogP contribution is -2.66. The van der Waals surface area contributed by atoms with Crippen LogP contribution in [0.5, 0.6) is 0 Å². The lowest BCUT2D eigenvalue weighted by molar-refractivity contribution is 1.28. The minimum Gasteiger partial charge on any atom is -0.313 e. The first-order valence-corrected chi connectivity index (χ1v) is 14.0. The monoisotopic (exact) mass is 521 g/mol. The van der Waals surface area contributed by atoms with Gasteiger partial charge in [-0.2, -0.15) is 0 Å². The zero-order valence-electron chi connectivity index (χ0n) is 29.7. The van der Waals surface area contributed by atoms with E-state index < -0.39 is 13.7 Å². The van der Waals surface area contributed by atoms with Gasteiger partial charge in [0.25, 0.3) is 0 Å². The molecule has 0 saturated carbocycles. The van der Waals surface area contributed by atoms with Crippen molar-refractivity contribution in [3.05, 3.63) is 124 Å². The average molecular weight is 521 g/mol. The van der Waals surface area contributed by atoms with Crippen molar-refractivity contribution >= 4 is 63.3 Å². The molecule has 0 fully saturated rings. The molecule has 7 rings (SSSR count). The van der Waals surface area contributed by atoms with Crippen molar-refractivity contribution in [2.45, 2.75) is 48.3 Å². The van der Waals surface area contributed by atoms with E-state index in [1.807, 2.05) is 38.1 Å². The van der Waals surface area contributed by atoms with Gasteiger partial charge in [0.05, 0.1) is 0 Å². The second-order valence-corrected chi connectivity index (χ2v) is 11.7. The Morgan fingerprint density at radius 1 is 0.500 bits per heavy atom. The van der Waals surface area contributed by atoms with E-state index in [-0.39, 0.29) is 13.4 Å². The second kappa shape index (κ2) is 9.03. The van der Waals surface area contributed by atoms with Crippen LogP contribution in [-0.2, 0) is 0 Å². The minimum atomic E-state index is -2.30. The highest BCUT2D eigenvalue weighted by molar-refractivity contribution is 7.02. The van der Waals surface area contributed by atoms with Crippen LogP contribution in [0.4, 0.5) is 17.1 Å². The number of hydrogen-bond acceptors (Lipinski definition) is 1. The summed E-state index contributed by atoms with van der Waals surface area (Å²) in [6.07, 6.45) is 0. The molecule has 0 spiro atoms.